The van der Waals surface area contributed by atoms with Gasteiger partial charge in [0.1, 0.15) is 10.7 Å². The Labute approximate surface area is 122 Å². The summed E-state index contributed by atoms with van der Waals surface area (Å²) >= 11 is 0. The molecule has 0 bridgehead atoms. The molecular formula is C13H17FN4O2S. The lowest BCUT2D eigenvalue weighted by Crippen LogP contribution is -2.33. The van der Waals surface area contributed by atoms with Crippen LogP contribution in [0.3, 0.4) is 0 Å². The molecule has 0 fully saturated rings. The average Bonchev–Trinajstić information content (AvgIpc) is 2.88. The van der Waals surface area contributed by atoms with Gasteiger partial charge in [-0.15, -0.1) is 0 Å². The molecule has 0 amide bonds. The zero-order valence-electron chi connectivity index (χ0n) is 11.6. The third-order valence-corrected chi connectivity index (χ3v) is 4.97. The van der Waals surface area contributed by atoms with Crippen LogP contribution in [0.5, 0.6) is 0 Å². The van der Waals surface area contributed by atoms with Crippen LogP contribution in [0.15, 0.2) is 35.4 Å². The number of H-pyrrole nitrogens is 1. The molecule has 1 aromatic carbocycles. The predicted molar refractivity (Wildman–Crippen MR) is 77.9 cm³/mol. The van der Waals surface area contributed by atoms with Gasteiger partial charge < -0.3 is 5.73 Å². The summed E-state index contributed by atoms with van der Waals surface area (Å²) < 4.78 is 39.7. The molecule has 0 aliphatic rings. The molecule has 0 unspecified atom stereocenters. The SMILES string of the molecule is Cc1[nH]ncc1S(=O)(=O)N(CCCN)c1ccc(F)cc1. The number of halogens is 1. The number of nitrogens with zero attached hydrogens (tertiary/aromatic N) is 2. The monoisotopic (exact) mass is 312 g/mol. The van der Waals surface area contributed by atoms with Gasteiger partial charge in [0.15, 0.2) is 0 Å². The Bertz CT molecular complexity index is 697. The van der Waals surface area contributed by atoms with Crippen molar-refractivity contribution in [1.29, 1.82) is 0 Å². The highest BCUT2D eigenvalue weighted by Gasteiger charge is 2.27. The Balaban J connectivity index is 2.45. The predicted octanol–water partition coefficient (Wildman–Crippen LogP) is 1.40. The topological polar surface area (TPSA) is 92.1 Å². The smallest absolute Gasteiger partial charge is 0.267 e. The van der Waals surface area contributed by atoms with Crippen LogP contribution in [0.2, 0.25) is 0 Å². The molecule has 6 nitrogen and oxygen atoms in total. The summed E-state index contributed by atoms with van der Waals surface area (Å²) in [6.07, 6.45) is 1.76. The molecule has 2 aromatic rings. The zero-order chi connectivity index (χ0) is 15.5. The summed E-state index contributed by atoms with van der Waals surface area (Å²) in [5.74, 6) is -0.422. The van der Waals surface area contributed by atoms with Crippen molar-refractivity contribution in [2.45, 2.75) is 18.2 Å². The van der Waals surface area contributed by atoms with Gasteiger partial charge >= 0.3 is 0 Å². The number of rotatable bonds is 6. The van der Waals surface area contributed by atoms with Crippen LogP contribution in [-0.2, 0) is 10.0 Å². The summed E-state index contributed by atoms with van der Waals surface area (Å²) in [6.45, 7) is 2.21. The molecule has 0 saturated carbocycles. The zero-order valence-corrected chi connectivity index (χ0v) is 12.4. The van der Waals surface area contributed by atoms with E-state index in [0.717, 1.165) is 0 Å². The molecule has 0 aliphatic heterocycles. The summed E-state index contributed by atoms with van der Waals surface area (Å²) in [7, 11) is -3.76. The van der Waals surface area contributed by atoms with Gasteiger partial charge in [-0.2, -0.15) is 5.10 Å². The van der Waals surface area contributed by atoms with Gasteiger partial charge in [-0.3, -0.25) is 9.40 Å². The molecule has 0 spiro atoms. The molecule has 21 heavy (non-hydrogen) atoms. The molecule has 2 rings (SSSR count). The van der Waals surface area contributed by atoms with E-state index in [-0.39, 0.29) is 11.4 Å². The van der Waals surface area contributed by atoms with Crippen LogP contribution >= 0.6 is 0 Å². The van der Waals surface area contributed by atoms with Gasteiger partial charge in [0.2, 0.25) is 0 Å². The molecule has 1 heterocycles. The molecular weight excluding hydrogens is 295 g/mol. The second-order valence-electron chi connectivity index (χ2n) is 4.56. The first-order valence-corrected chi connectivity index (χ1v) is 7.89. The number of aromatic nitrogens is 2. The highest BCUT2D eigenvalue weighted by atomic mass is 32.2. The van der Waals surface area contributed by atoms with Gasteiger partial charge in [0.25, 0.3) is 10.0 Å². The Morgan fingerprint density at radius 2 is 2.00 bits per heavy atom. The van der Waals surface area contributed by atoms with Crippen molar-refractivity contribution in [3.8, 4) is 0 Å². The van der Waals surface area contributed by atoms with Gasteiger partial charge in [0, 0.05) is 6.54 Å². The van der Waals surface area contributed by atoms with Crippen molar-refractivity contribution >= 4 is 15.7 Å². The maximum atomic E-state index is 13.0. The molecule has 3 N–H and O–H groups in total. The van der Waals surface area contributed by atoms with Gasteiger partial charge in [-0.1, -0.05) is 0 Å². The fraction of sp³-hybridized carbons (Fsp3) is 0.308. The van der Waals surface area contributed by atoms with E-state index in [2.05, 4.69) is 10.2 Å². The van der Waals surface area contributed by atoms with Crippen molar-refractivity contribution in [1.82, 2.24) is 10.2 Å². The van der Waals surface area contributed by atoms with Gasteiger partial charge in [-0.25, -0.2) is 12.8 Å². The Hall–Kier alpha value is -1.93. The van der Waals surface area contributed by atoms with Gasteiger partial charge in [0.05, 0.1) is 17.6 Å². The highest BCUT2D eigenvalue weighted by molar-refractivity contribution is 7.92. The van der Waals surface area contributed by atoms with Gasteiger partial charge in [-0.05, 0) is 44.2 Å². The largest absolute Gasteiger partial charge is 0.330 e. The molecule has 114 valence electrons. The number of sulfonamides is 1. The Morgan fingerprint density at radius 3 is 2.52 bits per heavy atom. The van der Waals surface area contributed by atoms with Crippen LogP contribution in [0.25, 0.3) is 0 Å². The number of aromatic amines is 1. The van der Waals surface area contributed by atoms with Crippen LogP contribution in [0.1, 0.15) is 12.1 Å². The van der Waals surface area contributed by atoms with Crippen LogP contribution < -0.4 is 10.0 Å². The average molecular weight is 312 g/mol. The fourth-order valence-corrected chi connectivity index (χ4v) is 3.57. The minimum Gasteiger partial charge on any atom is -0.330 e. The number of anilines is 1. The number of hydrogen-bond acceptors (Lipinski definition) is 4. The number of nitrogens with one attached hydrogen (secondary N) is 1. The Morgan fingerprint density at radius 1 is 1.33 bits per heavy atom. The molecule has 0 saturated heterocycles. The first-order valence-electron chi connectivity index (χ1n) is 6.45. The third-order valence-electron chi connectivity index (χ3n) is 3.03. The molecule has 1 aromatic heterocycles. The van der Waals surface area contributed by atoms with Crippen molar-refractivity contribution in [3.05, 3.63) is 42.0 Å². The maximum absolute atomic E-state index is 13.0. The van der Waals surface area contributed by atoms with E-state index < -0.39 is 15.8 Å². The van der Waals surface area contributed by atoms with E-state index in [1.807, 2.05) is 0 Å². The number of hydrogen-bond donors (Lipinski definition) is 2. The standard InChI is InChI=1S/C13H17FN4O2S/c1-10-13(9-16-17-10)21(19,20)18(8-2-7-15)12-5-3-11(14)4-6-12/h3-6,9H,2,7-8,15H2,1H3,(H,16,17). The highest BCUT2D eigenvalue weighted by Crippen LogP contribution is 2.25. The van der Waals surface area contributed by atoms with Crippen molar-refractivity contribution in [2.75, 3.05) is 17.4 Å². The second-order valence-corrected chi connectivity index (χ2v) is 6.39. The van der Waals surface area contributed by atoms with E-state index in [0.29, 0.717) is 24.3 Å². The lowest BCUT2D eigenvalue weighted by atomic mass is 10.3. The van der Waals surface area contributed by atoms with Crippen LogP contribution in [-0.4, -0.2) is 31.7 Å². The number of nitrogens with two attached hydrogens (primary N) is 1. The first-order chi connectivity index (χ1) is 9.96. The minimum atomic E-state index is -3.76. The fourth-order valence-electron chi connectivity index (χ4n) is 1.95. The molecule has 0 atom stereocenters. The van der Waals surface area contributed by atoms with E-state index in [4.69, 9.17) is 5.73 Å². The lowest BCUT2D eigenvalue weighted by Gasteiger charge is -2.24. The quantitative estimate of drug-likeness (QED) is 0.843. The summed E-state index contributed by atoms with van der Waals surface area (Å²) in [5.41, 5.74) is 6.32. The Kier molecular flexibility index (Phi) is 4.59. The van der Waals surface area contributed by atoms with E-state index in [1.165, 1.54) is 34.8 Å². The summed E-state index contributed by atoms with van der Waals surface area (Å²) in [5, 5.41) is 6.35. The van der Waals surface area contributed by atoms with Crippen molar-refractivity contribution < 1.29 is 12.8 Å². The van der Waals surface area contributed by atoms with E-state index in [9.17, 15) is 12.8 Å². The summed E-state index contributed by atoms with van der Waals surface area (Å²) in [4.78, 5) is 0.101. The van der Waals surface area contributed by atoms with Crippen molar-refractivity contribution in [3.63, 3.8) is 0 Å². The molecule has 8 heteroatoms. The van der Waals surface area contributed by atoms with Crippen LogP contribution in [0.4, 0.5) is 10.1 Å². The normalized spacial score (nSPS) is 11.6. The lowest BCUT2D eigenvalue weighted by molar-refractivity contribution is 0.588. The van der Waals surface area contributed by atoms with E-state index in [1.54, 1.807) is 6.92 Å². The second kappa shape index (κ2) is 6.23. The van der Waals surface area contributed by atoms with Crippen LogP contribution in [0, 0.1) is 12.7 Å². The first kappa shape index (κ1) is 15.5. The molecule has 0 aliphatic carbocycles. The summed E-state index contributed by atoms with van der Waals surface area (Å²) in [6, 6.07) is 5.31. The third kappa shape index (κ3) is 3.22. The minimum absolute atomic E-state index is 0.101. The maximum Gasteiger partial charge on any atom is 0.267 e. The van der Waals surface area contributed by atoms with E-state index >= 15 is 0 Å². The number of benzene rings is 1. The number of aryl methyl sites for hydroxylation is 1. The van der Waals surface area contributed by atoms with Crippen molar-refractivity contribution in [2.24, 2.45) is 5.73 Å². The molecule has 0 radical (unpaired) electrons.